The molecule has 13 heteroatoms. The minimum absolute atomic E-state index is 0. The number of hydrogen-bond donors (Lipinski definition) is 4. The Kier molecular flexibility index (Phi) is 7.56. The van der Waals surface area contributed by atoms with Gasteiger partial charge in [0, 0.05) is 11.8 Å². The maximum Gasteiger partial charge on any atom is 1.00 e. The second kappa shape index (κ2) is 8.41. The van der Waals surface area contributed by atoms with Crippen molar-refractivity contribution < 1.29 is 63.6 Å². The van der Waals surface area contributed by atoms with Crippen molar-refractivity contribution in [2.75, 3.05) is 6.61 Å². The second-order valence-corrected chi connectivity index (χ2v) is 7.09. The third-order valence-electron chi connectivity index (χ3n) is 3.68. The molecule has 1 aromatic heterocycles. The fourth-order valence-corrected chi connectivity index (χ4v) is 2.58. The number of aromatic amines is 1. The van der Waals surface area contributed by atoms with E-state index in [9.17, 15) is 28.2 Å². The number of aromatic nitrogens is 2. The third kappa shape index (κ3) is 4.78. The number of rotatable bonds is 5. The Morgan fingerprint density at radius 3 is 2.60 bits per heavy atom. The average Bonchev–Trinajstić information content (AvgIpc) is 2.78. The first-order valence-electron chi connectivity index (χ1n) is 6.94. The number of nitrogens with one attached hydrogen (secondary N) is 1. The van der Waals surface area contributed by atoms with E-state index in [0.717, 1.165) is 17.7 Å². The molecule has 1 aliphatic heterocycles. The van der Waals surface area contributed by atoms with Crippen LogP contribution in [0.3, 0.4) is 0 Å². The number of hydrogen-bond acceptors (Lipinski definition) is 8. The molecule has 0 amide bonds. The maximum absolute atomic E-state index is 12.0. The maximum atomic E-state index is 12.0. The summed E-state index contributed by atoms with van der Waals surface area (Å²) in [5.41, 5.74) is -3.02. The van der Waals surface area contributed by atoms with Gasteiger partial charge in [-0.2, -0.15) is 8.42 Å². The van der Waals surface area contributed by atoms with Crippen LogP contribution in [0, 0.1) is 6.92 Å². The summed E-state index contributed by atoms with van der Waals surface area (Å²) in [6.07, 6.45) is -4.16. The SMILES string of the molecule is Cc1cn([C@H]2O[C@@H](CO)C(O)C2OC(C)S(=O)(=O)O)c(=O)[nH]c1=O.[H-].[Na+]. The van der Waals surface area contributed by atoms with Crippen LogP contribution in [-0.4, -0.2) is 63.1 Å². The largest absolute Gasteiger partial charge is 1.00 e. The molecule has 138 valence electrons. The van der Waals surface area contributed by atoms with Gasteiger partial charge in [0.2, 0.25) is 0 Å². The number of nitrogens with zero attached hydrogens (tertiary/aromatic N) is 1. The smallest absolute Gasteiger partial charge is 1.00 e. The van der Waals surface area contributed by atoms with Gasteiger partial charge in [-0.15, -0.1) is 0 Å². The van der Waals surface area contributed by atoms with Crippen LogP contribution < -0.4 is 40.8 Å². The van der Waals surface area contributed by atoms with Crippen LogP contribution in [0.4, 0.5) is 0 Å². The molecule has 0 saturated carbocycles. The monoisotopic (exact) mass is 390 g/mol. The van der Waals surface area contributed by atoms with E-state index < -0.39 is 57.9 Å². The molecule has 3 unspecified atom stereocenters. The second-order valence-electron chi connectivity index (χ2n) is 5.40. The Labute approximate surface area is 166 Å². The minimum Gasteiger partial charge on any atom is -1.00 e. The van der Waals surface area contributed by atoms with E-state index in [-0.39, 0.29) is 36.5 Å². The van der Waals surface area contributed by atoms with Crippen LogP contribution in [0.25, 0.3) is 0 Å². The minimum atomic E-state index is -4.57. The van der Waals surface area contributed by atoms with E-state index >= 15 is 0 Å². The van der Waals surface area contributed by atoms with E-state index in [1.165, 1.54) is 6.92 Å². The first kappa shape index (κ1) is 22.5. The molecule has 11 nitrogen and oxygen atoms in total. The molecular weight excluding hydrogens is 371 g/mol. The van der Waals surface area contributed by atoms with Gasteiger partial charge in [-0.1, -0.05) is 0 Å². The first-order valence-corrected chi connectivity index (χ1v) is 8.44. The molecule has 4 N–H and O–H groups in total. The summed E-state index contributed by atoms with van der Waals surface area (Å²) < 4.78 is 42.7. The van der Waals surface area contributed by atoms with E-state index in [0.29, 0.717) is 0 Å². The molecule has 1 fully saturated rings. The fraction of sp³-hybridized carbons (Fsp3) is 0.667. The Morgan fingerprint density at radius 1 is 1.48 bits per heavy atom. The molecule has 1 aromatic rings. The molecule has 2 rings (SSSR count). The summed E-state index contributed by atoms with van der Waals surface area (Å²) in [6, 6.07) is 0. The molecule has 0 spiro atoms. The van der Waals surface area contributed by atoms with Crippen molar-refractivity contribution in [1.82, 2.24) is 9.55 Å². The number of ether oxygens (including phenoxy) is 2. The Hall–Kier alpha value is -0.570. The first-order chi connectivity index (χ1) is 11.1. The van der Waals surface area contributed by atoms with Crippen molar-refractivity contribution in [2.45, 2.75) is 43.8 Å². The number of aliphatic hydroxyl groups is 2. The predicted molar refractivity (Wildman–Crippen MR) is 80.1 cm³/mol. The Morgan fingerprint density at radius 2 is 2.08 bits per heavy atom. The summed E-state index contributed by atoms with van der Waals surface area (Å²) in [4.78, 5) is 25.4. The van der Waals surface area contributed by atoms with Crippen LogP contribution in [0.15, 0.2) is 15.8 Å². The standard InChI is InChI=1S/C12H18N2O9S.Na.H/c1-5-3-14(12(18)13-10(5)17)11-9(8(16)7(4-15)23-11)22-6(2)24(19,20)21;;/h3,6-9,11,15-16H,4H2,1-2H3,(H,13,17,18)(H,19,20,21);;/q;+1;-1/t6?,7-,8?,9?,11-;;/m0../s1. The summed E-state index contributed by atoms with van der Waals surface area (Å²) in [6.45, 7) is 1.85. The van der Waals surface area contributed by atoms with Crippen molar-refractivity contribution in [1.29, 1.82) is 0 Å². The normalized spacial score (nSPS) is 27.7. The van der Waals surface area contributed by atoms with E-state index in [2.05, 4.69) is 0 Å². The van der Waals surface area contributed by atoms with Gasteiger partial charge in [-0.25, -0.2) is 4.79 Å². The van der Waals surface area contributed by atoms with E-state index in [4.69, 9.17) is 14.0 Å². The molecule has 1 aliphatic rings. The quantitative estimate of drug-likeness (QED) is 0.284. The van der Waals surface area contributed by atoms with Gasteiger partial charge in [-0.3, -0.25) is 18.9 Å². The van der Waals surface area contributed by atoms with Crippen molar-refractivity contribution >= 4 is 10.1 Å². The Balaban J connectivity index is 0.00000312. The molecule has 1 saturated heterocycles. The summed E-state index contributed by atoms with van der Waals surface area (Å²) in [5, 5.41) is 19.4. The van der Waals surface area contributed by atoms with Gasteiger partial charge in [0.25, 0.3) is 15.7 Å². The number of aliphatic hydroxyl groups excluding tert-OH is 2. The van der Waals surface area contributed by atoms with Gasteiger partial charge < -0.3 is 21.1 Å². The van der Waals surface area contributed by atoms with Crippen LogP contribution >= 0.6 is 0 Å². The molecule has 0 bridgehead atoms. The number of aryl methyl sites for hydroxylation is 1. The van der Waals surface area contributed by atoms with Crippen LogP contribution in [0.1, 0.15) is 20.1 Å². The molecule has 0 aromatic carbocycles. The topological polar surface area (TPSA) is 168 Å². The van der Waals surface area contributed by atoms with E-state index in [1.54, 1.807) is 0 Å². The number of H-pyrrole nitrogens is 1. The van der Waals surface area contributed by atoms with Crippen molar-refractivity contribution in [3.8, 4) is 0 Å². The van der Waals surface area contributed by atoms with Gasteiger partial charge in [0.15, 0.2) is 11.7 Å². The van der Waals surface area contributed by atoms with Crippen molar-refractivity contribution in [2.24, 2.45) is 0 Å². The van der Waals surface area contributed by atoms with Crippen LogP contribution in [0.2, 0.25) is 0 Å². The van der Waals surface area contributed by atoms with Crippen LogP contribution in [-0.2, 0) is 19.6 Å². The molecule has 2 heterocycles. The van der Waals surface area contributed by atoms with Gasteiger partial charge in [-0.05, 0) is 13.8 Å². The molecule has 25 heavy (non-hydrogen) atoms. The van der Waals surface area contributed by atoms with Crippen LogP contribution in [0.5, 0.6) is 0 Å². The summed E-state index contributed by atoms with van der Waals surface area (Å²) in [7, 11) is -4.57. The molecule has 0 aliphatic carbocycles. The van der Waals surface area contributed by atoms with Gasteiger partial charge in [0.05, 0.1) is 6.61 Å². The predicted octanol–water partition coefficient (Wildman–Crippen LogP) is -5.17. The van der Waals surface area contributed by atoms with Gasteiger partial charge >= 0.3 is 35.2 Å². The van der Waals surface area contributed by atoms with Crippen molar-refractivity contribution in [3.05, 3.63) is 32.6 Å². The van der Waals surface area contributed by atoms with E-state index in [1.807, 2.05) is 4.98 Å². The Bertz CT molecular complexity index is 827. The van der Waals surface area contributed by atoms with Crippen molar-refractivity contribution in [3.63, 3.8) is 0 Å². The summed E-state index contributed by atoms with van der Waals surface area (Å²) in [5.74, 6) is 0. The van der Waals surface area contributed by atoms with Gasteiger partial charge in [0.1, 0.15) is 18.3 Å². The molecular formula is C12H19N2NaO9S. The average molecular weight is 390 g/mol. The zero-order valence-electron chi connectivity index (χ0n) is 14.8. The fourth-order valence-electron chi connectivity index (χ4n) is 2.31. The third-order valence-corrected chi connectivity index (χ3v) is 4.63. The molecule has 5 atom stereocenters. The summed E-state index contributed by atoms with van der Waals surface area (Å²) >= 11 is 0. The zero-order valence-corrected chi connectivity index (χ0v) is 16.6. The zero-order chi connectivity index (χ0) is 18.2. The molecule has 0 radical (unpaired) electrons.